The minimum atomic E-state index is -0.698. The molecule has 2 heterocycles. The van der Waals surface area contributed by atoms with Crippen molar-refractivity contribution in [3.63, 3.8) is 0 Å². The van der Waals surface area contributed by atoms with E-state index in [9.17, 15) is 19.7 Å². The number of dihydropyridines is 1. The number of ether oxygens (including phenoxy) is 1. The molecule has 1 aliphatic heterocycles. The van der Waals surface area contributed by atoms with Gasteiger partial charge in [0.25, 0.3) is 5.69 Å². The molecule has 0 spiro atoms. The van der Waals surface area contributed by atoms with E-state index < -0.39 is 16.8 Å². The molecule has 182 valence electrons. The van der Waals surface area contributed by atoms with E-state index in [-0.39, 0.29) is 23.5 Å². The van der Waals surface area contributed by atoms with Gasteiger partial charge < -0.3 is 10.1 Å². The molecule has 2 atom stereocenters. The number of aryl methyl sites for hydroxylation is 1. The first kappa shape index (κ1) is 23.5. The third-order valence-corrected chi connectivity index (χ3v) is 8.37. The Morgan fingerprint density at radius 2 is 1.94 bits per heavy atom. The average Bonchev–Trinajstić information content (AvgIpc) is 3.52. The van der Waals surface area contributed by atoms with Crippen LogP contribution in [0.5, 0.6) is 0 Å². The van der Waals surface area contributed by atoms with Crippen molar-refractivity contribution in [1.29, 1.82) is 0 Å². The second kappa shape index (κ2) is 9.41. The van der Waals surface area contributed by atoms with Gasteiger partial charge in [-0.3, -0.25) is 14.9 Å². The van der Waals surface area contributed by atoms with Gasteiger partial charge in [-0.05, 0) is 63.0 Å². The summed E-state index contributed by atoms with van der Waals surface area (Å²) in [6.07, 6.45) is 4.59. The van der Waals surface area contributed by atoms with Crippen LogP contribution in [0.2, 0.25) is 0 Å². The van der Waals surface area contributed by atoms with Crippen LogP contribution in [0.3, 0.4) is 0 Å². The Kier molecular flexibility index (Phi) is 6.32. The van der Waals surface area contributed by atoms with Gasteiger partial charge in [-0.15, -0.1) is 11.3 Å². The molecule has 0 bridgehead atoms. The fraction of sp³-hybridized carbons (Fsp3) is 0.407. The lowest BCUT2D eigenvalue weighted by molar-refractivity contribution is -0.385. The maximum absolute atomic E-state index is 13.6. The average molecular weight is 493 g/mol. The number of nitro benzene ring substituents is 1. The first-order valence-corrected chi connectivity index (χ1v) is 12.9. The number of nitro groups is 1. The van der Waals surface area contributed by atoms with Gasteiger partial charge in [0.05, 0.1) is 10.5 Å². The van der Waals surface area contributed by atoms with Crippen LogP contribution in [0.25, 0.3) is 0 Å². The van der Waals surface area contributed by atoms with Crippen molar-refractivity contribution in [3.8, 4) is 0 Å². The minimum Gasteiger partial charge on any atom is -0.459 e. The van der Waals surface area contributed by atoms with E-state index in [4.69, 9.17) is 4.74 Å². The number of benzene rings is 1. The molecule has 2 aromatic rings. The number of rotatable bonds is 5. The van der Waals surface area contributed by atoms with Gasteiger partial charge in [-0.1, -0.05) is 18.2 Å². The second-order valence-corrected chi connectivity index (χ2v) is 10.6. The highest BCUT2D eigenvalue weighted by Gasteiger charge is 2.42. The van der Waals surface area contributed by atoms with Crippen LogP contribution >= 0.6 is 11.3 Å². The molecule has 5 rings (SSSR count). The van der Waals surface area contributed by atoms with Crippen molar-refractivity contribution in [2.75, 3.05) is 0 Å². The number of carbonyl (C=O) groups is 2. The van der Waals surface area contributed by atoms with Gasteiger partial charge in [-0.25, -0.2) is 4.79 Å². The molecule has 35 heavy (non-hydrogen) atoms. The summed E-state index contributed by atoms with van der Waals surface area (Å²) in [6, 6.07) is 9.01. The van der Waals surface area contributed by atoms with E-state index in [0.29, 0.717) is 40.8 Å². The van der Waals surface area contributed by atoms with Gasteiger partial charge in [0, 0.05) is 51.7 Å². The Balaban J connectivity index is 1.60. The largest absolute Gasteiger partial charge is 0.459 e. The topological polar surface area (TPSA) is 98.5 Å². The Labute approximate surface area is 208 Å². The summed E-state index contributed by atoms with van der Waals surface area (Å²) in [5.74, 6) is -1.11. The van der Waals surface area contributed by atoms with E-state index in [0.717, 1.165) is 36.3 Å². The summed E-state index contributed by atoms with van der Waals surface area (Å²) in [6.45, 7) is 3.51. The van der Waals surface area contributed by atoms with Crippen molar-refractivity contribution in [3.05, 3.63) is 84.4 Å². The Morgan fingerprint density at radius 3 is 2.63 bits per heavy atom. The molecule has 1 fully saturated rings. The third-order valence-electron chi connectivity index (χ3n) is 7.33. The van der Waals surface area contributed by atoms with Crippen LogP contribution < -0.4 is 5.32 Å². The highest BCUT2D eigenvalue weighted by Crippen LogP contribution is 2.47. The zero-order valence-corrected chi connectivity index (χ0v) is 20.7. The van der Waals surface area contributed by atoms with Gasteiger partial charge in [0.1, 0.15) is 6.10 Å². The smallest absolute Gasteiger partial charge is 0.337 e. The van der Waals surface area contributed by atoms with Gasteiger partial charge in [0.2, 0.25) is 0 Å². The fourth-order valence-corrected chi connectivity index (χ4v) is 6.42. The monoisotopic (exact) mass is 492 g/mol. The molecular formula is C27H28N2O5S. The summed E-state index contributed by atoms with van der Waals surface area (Å²) in [5.41, 5.74) is 3.41. The molecule has 0 saturated heterocycles. The van der Waals surface area contributed by atoms with E-state index >= 15 is 0 Å². The van der Waals surface area contributed by atoms with Gasteiger partial charge >= 0.3 is 5.97 Å². The lowest BCUT2D eigenvalue weighted by atomic mass is 9.72. The number of Topliss-reactive ketones (excluding diaryl/α,β-unsaturated/α-hetero) is 1. The van der Waals surface area contributed by atoms with Crippen LogP contribution in [0.4, 0.5) is 5.69 Å². The standard InChI is InChI=1S/C27H28N2O5S/c1-15-9-10-17(13-21(15)29(32)33)25-24(27(31)34-19-6-3-4-7-19)16(2)28-20-12-18(14-22(30)26(20)25)23-8-5-11-35-23/h5,8-11,13,18-19,25,28H,3-4,6-7,12,14H2,1-2H3/t18-,25-/m1/s1. The summed E-state index contributed by atoms with van der Waals surface area (Å²) < 4.78 is 5.87. The normalized spacial score (nSPS) is 22.7. The number of thiophene rings is 1. The molecule has 1 aromatic carbocycles. The van der Waals surface area contributed by atoms with E-state index in [1.807, 2.05) is 24.4 Å². The quantitative estimate of drug-likeness (QED) is 0.321. The number of nitrogens with one attached hydrogen (secondary N) is 1. The Hall–Kier alpha value is -3.26. The SMILES string of the molecule is CC1=C(C(=O)OC2CCCC2)[C@@H](c2ccc(C)c([N+](=O)[O-])c2)C2=C(C[C@@H](c3cccs3)CC2=O)N1. The van der Waals surface area contributed by atoms with E-state index in [1.165, 1.54) is 6.07 Å². The zero-order valence-electron chi connectivity index (χ0n) is 19.8. The highest BCUT2D eigenvalue weighted by atomic mass is 32.1. The molecule has 2 aliphatic carbocycles. The maximum Gasteiger partial charge on any atom is 0.337 e. The van der Waals surface area contributed by atoms with Crippen LogP contribution in [0, 0.1) is 17.0 Å². The van der Waals surface area contributed by atoms with Gasteiger partial charge in [0.15, 0.2) is 5.78 Å². The second-order valence-electron chi connectivity index (χ2n) is 9.65. The van der Waals surface area contributed by atoms with Crippen LogP contribution in [-0.2, 0) is 14.3 Å². The van der Waals surface area contributed by atoms with Crippen LogP contribution in [0.15, 0.2) is 58.3 Å². The van der Waals surface area contributed by atoms with Crippen molar-refractivity contribution in [1.82, 2.24) is 5.32 Å². The van der Waals surface area contributed by atoms with Crippen LogP contribution in [-0.4, -0.2) is 22.8 Å². The summed E-state index contributed by atoms with van der Waals surface area (Å²) in [4.78, 5) is 39.5. The van der Waals surface area contributed by atoms with Crippen LogP contribution in [0.1, 0.15) is 73.3 Å². The summed E-state index contributed by atoms with van der Waals surface area (Å²) in [5, 5.41) is 17.1. The number of carbonyl (C=O) groups excluding carboxylic acids is 2. The molecule has 0 amide bonds. The van der Waals surface area contributed by atoms with Crippen molar-refractivity contribution >= 4 is 28.8 Å². The first-order valence-electron chi connectivity index (χ1n) is 12.1. The van der Waals surface area contributed by atoms with E-state index in [2.05, 4.69) is 5.32 Å². The minimum absolute atomic E-state index is 0.0240. The maximum atomic E-state index is 13.6. The van der Waals surface area contributed by atoms with Crippen molar-refractivity contribution < 1.29 is 19.2 Å². The number of ketones is 1. The summed E-state index contributed by atoms with van der Waals surface area (Å²) >= 11 is 1.64. The number of esters is 1. The molecule has 1 aromatic heterocycles. The molecule has 3 aliphatic rings. The molecule has 1 N–H and O–H groups in total. The molecular weight excluding hydrogens is 464 g/mol. The molecule has 0 unspecified atom stereocenters. The predicted octanol–water partition coefficient (Wildman–Crippen LogP) is 5.81. The highest BCUT2D eigenvalue weighted by molar-refractivity contribution is 7.10. The third kappa shape index (κ3) is 4.43. The van der Waals surface area contributed by atoms with Crippen molar-refractivity contribution in [2.45, 2.75) is 70.3 Å². The van der Waals surface area contributed by atoms with Gasteiger partial charge in [-0.2, -0.15) is 0 Å². The number of hydrogen-bond donors (Lipinski definition) is 1. The number of allylic oxidation sites excluding steroid dienone is 3. The lowest BCUT2D eigenvalue weighted by Crippen LogP contribution is -2.36. The molecule has 8 heteroatoms. The fourth-order valence-electron chi connectivity index (χ4n) is 5.59. The number of hydrogen-bond acceptors (Lipinski definition) is 7. The summed E-state index contributed by atoms with van der Waals surface area (Å²) in [7, 11) is 0. The Bertz CT molecular complexity index is 1250. The first-order chi connectivity index (χ1) is 16.8. The zero-order chi connectivity index (χ0) is 24.7. The molecule has 0 radical (unpaired) electrons. The predicted molar refractivity (Wildman–Crippen MR) is 133 cm³/mol. The van der Waals surface area contributed by atoms with E-state index in [1.54, 1.807) is 30.4 Å². The van der Waals surface area contributed by atoms with Crippen molar-refractivity contribution in [2.24, 2.45) is 0 Å². The Morgan fingerprint density at radius 1 is 1.17 bits per heavy atom. The molecule has 7 nitrogen and oxygen atoms in total. The number of nitrogens with zero attached hydrogens (tertiary/aromatic N) is 1. The molecule has 1 saturated carbocycles. The lowest BCUT2D eigenvalue weighted by Gasteiger charge is -2.36.